The Kier molecular flexibility index (Phi) is 5.31. The van der Waals surface area contributed by atoms with Crippen LogP contribution in [0.15, 0.2) is 85.2 Å². The number of aromatic nitrogens is 2. The molecular formula is C25H19N3O. The largest absolute Gasteiger partial charge is 0.305 e. The lowest BCUT2D eigenvalue weighted by Crippen LogP contribution is -2.29. The SMILES string of the molecule is CC(=O)N(Cc1ccc2ccccc2n1)c1ccccc1C#Cc1cccnc1. The van der Waals surface area contributed by atoms with Gasteiger partial charge in [0, 0.05) is 35.8 Å². The van der Waals surface area contributed by atoms with Crippen molar-refractivity contribution in [2.75, 3.05) is 4.90 Å². The van der Waals surface area contributed by atoms with Crippen molar-refractivity contribution in [3.8, 4) is 11.8 Å². The van der Waals surface area contributed by atoms with Gasteiger partial charge in [0.1, 0.15) is 0 Å². The lowest BCUT2D eigenvalue weighted by atomic mass is 10.1. The van der Waals surface area contributed by atoms with Gasteiger partial charge in [0.25, 0.3) is 0 Å². The van der Waals surface area contributed by atoms with E-state index in [1.807, 2.05) is 72.8 Å². The maximum Gasteiger partial charge on any atom is 0.224 e. The Bertz CT molecular complexity index is 1220. The lowest BCUT2D eigenvalue weighted by molar-refractivity contribution is -0.116. The molecule has 0 aliphatic heterocycles. The summed E-state index contributed by atoms with van der Waals surface area (Å²) in [6.07, 6.45) is 3.44. The summed E-state index contributed by atoms with van der Waals surface area (Å²) in [5.74, 6) is 6.23. The fourth-order valence-electron chi connectivity index (χ4n) is 3.12. The van der Waals surface area contributed by atoms with Gasteiger partial charge in [-0.1, -0.05) is 48.2 Å². The Morgan fingerprint density at radius 1 is 0.931 bits per heavy atom. The third-order valence-electron chi connectivity index (χ3n) is 4.55. The second-order valence-corrected chi connectivity index (χ2v) is 6.61. The van der Waals surface area contributed by atoms with Gasteiger partial charge in [0.2, 0.25) is 5.91 Å². The molecule has 1 amide bonds. The summed E-state index contributed by atoms with van der Waals surface area (Å²) in [4.78, 5) is 23.0. The highest BCUT2D eigenvalue weighted by atomic mass is 16.2. The van der Waals surface area contributed by atoms with E-state index in [1.54, 1.807) is 24.2 Å². The number of rotatable bonds is 3. The number of carbonyl (C=O) groups is 1. The van der Waals surface area contributed by atoms with Crippen LogP contribution in [0, 0.1) is 11.8 Å². The summed E-state index contributed by atoms with van der Waals surface area (Å²) in [5.41, 5.74) is 4.12. The number of para-hydroxylation sites is 2. The fraction of sp³-hybridized carbons (Fsp3) is 0.0800. The second kappa shape index (κ2) is 8.37. The number of pyridine rings is 2. The zero-order valence-corrected chi connectivity index (χ0v) is 16.0. The van der Waals surface area contributed by atoms with Crippen molar-refractivity contribution in [2.24, 2.45) is 0 Å². The molecule has 2 aromatic carbocycles. The average Bonchev–Trinajstić information content (AvgIpc) is 2.77. The minimum atomic E-state index is -0.0596. The molecule has 2 heterocycles. The van der Waals surface area contributed by atoms with Gasteiger partial charge in [-0.15, -0.1) is 0 Å². The highest BCUT2D eigenvalue weighted by molar-refractivity contribution is 5.93. The zero-order valence-electron chi connectivity index (χ0n) is 16.0. The Hall–Kier alpha value is -3.97. The molecule has 4 heteroatoms. The molecule has 0 fully saturated rings. The van der Waals surface area contributed by atoms with Crippen LogP contribution >= 0.6 is 0 Å². The Morgan fingerprint density at radius 3 is 2.59 bits per heavy atom. The van der Waals surface area contributed by atoms with Crippen molar-refractivity contribution in [1.29, 1.82) is 0 Å². The summed E-state index contributed by atoms with van der Waals surface area (Å²) >= 11 is 0. The summed E-state index contributed by atoms with van der Waals surface area (Å²) in [6.45, 7) is 1.94. The predicted octanol–water partition coefficient (Wildman–Crippen LogP) is 4.58. The quantitative estimate of drug-likeness (QED) is 0.491. The van der Waals surface area contributed by atoms with Crippen LogP contribution in [0.3, 0.4) is 0 Å². The second-order valence-electron chi connectivity index (χ2n) is 6.61. The van der Waals surface area contributed by atoms with E-state index in [0.717, 1.165) is 33.4 Å². The molecule has 29 heavy (non-hydrogen) atoms. The van der Waals surface area contributed by atoms with Crippen LogP contribution < -0.4 is 4.90 Å². The topological polar surface area (TPSA) is 46.1 Å². The number of hydrogen-bond acceptors (Lipinski definition) is 3. The zero-order chi connectivity index (χ0) is 20.1. The maximum absolute atomic E-state index is 12.5. The van der Waals surface area contributed by atoms with Crippen LogP contribution in [0.4, 0.5) is 5.69 Å². The van der Waals surface area contributed by atoms with E-state index in [4.69, 9.17) is 4.98 Å². The average molecular weight is 377 g/mol. The molecule has 0 atom stereocenters. The Labute approximate surface area is 169 Å². The van der Waals surface area contributed by atoms with Crippen LogP contribution in [-0.2, 0) is 11.3 Å². The minimum absolute atomic E-state index is 0.0596. The number of hydrogen-bond donors (Lipinski definition) is 0. The first-order chi connectivity index (χ1) is 14.2. The van der Waals surface area contributed by atoms with Crippen molar-refractivity contribution in [2.45, 2.75) is 13.5 Å². The molecule has 0 spiro atoms. The van der Waals surface area contributed by atoms with Gasteiger partial charge in [-0.2, -0.15) is 0 Å². The maximum atomic E-state index is 12.5. The van der Waals surface area contributed by atoms with Gasteiger partial charge in [0.05, 0.1) is 23.4 Å². The summed E-state index contributed by atoms with van der Waals surface area (Å²) in [6, 6.07) is 23.4. The minimum Gasteiger partial charge on any atom is -0.305 e. The molecule has 4 nitrogen and oxygen atoms in total. The number of benzene rings is 2. The summed E-state index contributed by atoms with van der Waals surface area (Å²) < 4.78 is 0. The van der Waals surface area contributed by atoms with E-state index >= 15 is 0 Å². The van der Waals surface area contributed by atoms with Crippen LogP contribution in [0.2, 0.25) is 0 Å². The van der Waals surface area contributed by atoms with E-state index in [-0.39, 0.29) is 5.91 Å². The van der Waals surface area contributed by atoms with Crippen molar-refractivity contribution >= 4 is 22.5 Å². The highest BCUT2D eigenvalue weighted by Crippen LogP contribution is 2.23. The molecule has 4 aromatic rings. The molecule has 0 saturated heterocycles. The van der Waals surface area contributed by atoms with Crippen LogP contribution in [-0.4, -0.2) is 15.9 Å². The highest BCUT2D eigenvalue weighted by Gasteiger charge is 2.16. The van der Waals surface area contributed by atoms with E-state index in [2.05, 4.69) is 16.8 Å². The van der Waals surface area contributed by atoms with Crippen molar-refractivity contribution < 1.29 is 4.79 Å². The Balaban J connectivity index is 1.68. The van der Waals surface area contributed by atoms with Crippen LogP contribution in [0.5, 0.6) is 0 Å². The van der Waals surface area contributed by atoms with E-state index < -0.39 is 0 Å². The van der Waals surface area contributed by atoms with Gasteiger partial charge in [0.15, 0.2) is 0 Å². The fourth-order valence-corrected chi connectivity index (χ4v) is 3.12. The van der Waals surface area contributed by atoms with Gasteiger partial charge >= 0.3 is 0 Å². The molecule has 0 bridgehead atoms. The van der Waals surface area contributed by atoms with Crippen molar-refractivity contribution in [3.63, 3.8) is 0 Å². The lowest BCUT2D eigenvalue weighted by Gasteiger charge is -2.22. The summed E-state index contributed by atoms with van der Waals surface area (Å²) in [7, 11) is 0. The predicted molar refractivity (Wildman–Crippen MR) is 115 cm³/mol. The number of anilines is 1. The van der Waals surface area contributed by atoms with E-state index in [0.29, 0.717) is 6.54 Å². The molecule has 140 valence electrons. The monoisotopic (exact) mass is 377 g/mol. The van der Waals surface area contributed by atoms with Crippen LogP contribution in [0.1, 0.15) is 23.7 Å². The normalized spacial score (nSPS) is 10.2. The Morgan fingerprint density at radius 2 is 1.76 bits per heavy atom. The van der Waals surface area contributed by atoms with Gasteiger partial charge < -0.3 is 4.90 Å². The molecule has 2 aromatic heterocycles. The molecule has 0 N–H and O–H groups in total. The van der Waals surface area contributed by atoms with Crippen molar-refractivity contribution in [1.82, 2.24) is 9.97 Å². The van der Waals surface area contributed by atoms with E-state index in [1.165, 1.54) is 0 Å². The van der Waals surface area contributed by atoms with Gasteiger partial charge in [-0.3, -0.25) is 14.8 Å². The smallest absolute Gasteiger partial charge is 0.224 e. The molecule has 0 aliphatic carbocycles. The van der Waals surface area contributed by atoms with Gasteiger partial charge in [-0.25, -0.2) is 0 Å². The first-order valence-corrected chi connectivity index (χ1v) is 9.34. The summed E-state index contributed by atoms with van der Waals surface area (Å²) in [5, 5.41) is 1.08. The number of amides is 1. The standard InChI is InChI=1S/C25H19N3O/c1-19(29)28(18-23-15-14-21-8-2-4-10-24(21)27-23)25-11-5-3-9-22(25)13-12-20-7-6-16-26-17-20/h2-11,14-17H,18H2,1H3. The van der Waals surface area contributed by atoms with Crippen molar-refractivity contribution in [3.05, 3.63) is 102 Å². The molecule has 4 rings (SSSR count). The number of nitrogens with zero attached hydrogens (tertiary/aromatic N) is 3. The number of carbonyl (C=O) groups excluding carboxylic acids is 1. The molecule has 0 aliphatic rings. The first-order valence-electron chi connectivity index (χ1n) is 9.34. The van der Waals surface area contributed by atoms with Gasteiger partial charge in [-0.05, 0) is 36.4 Å². The third kappa shape index (κ3) is 4.31. The first kappa shape index (κ1) is 18.4. The molecule has 0 radical (unpaired) electrons. The molecule has 0 saturated carbocycles. The molecule has 0 unspecified atom stereocenters. The van der Waals surface area contributed by atoms with Crippen LogP contribution in [0.25, 0.3) is 10.9 Å². The number of fused-ring (bicyclic) bond motifs is 1. The third-order valence-corrected chi connectivity index (χ3v) is 4.55. The van der Waals surface area contributed by atoms with E-state index in [9.17, 15) is 4.79 Å². The molecular weight excluding hydrogens is 358 g/mol.